The zero-order valence-electron chi connectivity index (χ0n) is 8.07. The van der Waals surface area contributed by atoms with E-state index in [2.05, 4.69) is 31.9 Å². The quantitative estimate of drug-likeness (QED) is 0.639. The maximum atomic E-state index is 3.77. The molecule has 2 fully saturated rings. The highest BCUT2D eigenvalue weighted by Crippen LogP contribution is 2.54. The van der Waals surface area contributed by atoms with Gasteiger partial charge in [0, 0.05) is 0 Å². The van der Waals surface area contributed by atoms with E-state index in [1.54, 1.807) is 0 Å². The molecule has 0 N–H and O–H groups in total. The van der Waals surface area contributed by atoms with E-state index in [0.29, 0.717) is 3.23 Å². The lowest BCUT2D eigenvalue weighted by atomic mass is 9.75. The minimum Gasteiger partial charge on any atom is -0.0724 e. The molecular weight excluding hydrogens is 292 g/mol. The van der Waals surface area contributed by atoms with Crippen molar-refractivity contribution in [3.63, 3.8) is 0 Å². The van der Waals surface area contributed by atoms with Crippen molar-refractivity contribution in [3.05, 3.63) is 0 Å². The Morgan fingerprint density at radius 1 is 1.00 bits per heavy atom. The Kier molecular flexibility index (Phi) is 3.40. The predicted octanol–water partition coefficient (Wildman–Crippen LogP) is 4.85. The molecule has 2 rings (SSSR count). The van der Waals surface area contributed by atoms with Crippen molar-refractivity contribution in [2.24, 2.45) is 11.8 Å². The molecule has 0 aromatic rings. The molecule has 0 spiro atoms. The highest BCUT2D eigenvalue weighted by Gasteiger charge is 2.43. The summed E-state index contributed by atoms with van der Waals surface area (Å²) >= 11 is 7.55. The second-order valence-corrected chi connectivity index (χ2v) is 8.63. The topological polar surface area (TPSA) is 0 Å². The van der Waals surface area contributed by atoms with Crippen LogP contribution >= 0.6 is 31.9 Å². The average molecular weight is 310 g/mol. The molecule has 76 valence electrons. The molecule has 0 saturated heterocycles. The van der Waals surface area contributed by atoms with Crippen LogP contribution in [0.1, 0.15) is 51.4 Å². The van der Waals surface area contributed by atoms with Crippen LogP contribution in [0.4, 0.5) is 0 Å². The summed E-state index contributed by atoms with van der Waals surface area (Å²) in [5.41, 5.74) is 0. The fourth-order valence-corrected chi connectivity index (χ4v) is 3.97. The molecule has 0 radical (unpaired) electrons. The Hall–Kier alpha value is 0.960. The Balaban J connectivity index is 1.77. The molecule has 0 aromatic heterocycles. The smallest absolute Gasteiger partial charge is 0.0724 e. The standard InChI is InChI=1S/C11H18Br2/c12-11(13)7-6-10(11)8-9-4-2-1-3-5-9/h9-10H,1-8H2. The summed E-state index contributed by atoms with van der Waals surface area (Å²) in [6, 6.07) is 0. The summed E-state index contributed by atoms with van der Waals surface area (Å²) in [5, 5.41) is 0. The highest BCUT2D eigenvalue weighted by molar-refractivity contribution is 9.25. The van der Waals surface area contributed by atoms with Gasteiger partial charge in [0.05, 0.1) is 3.23 Å². The summed E-state index contributed by atoms with van der Waals surface area (Å²) in [4.78, 5) is 0. The lowest BCUT2D eigenvalue weighted by Crippen LogP contribution is -2.37. The molecule has 2 aliphatic carbocycles. The van der Waals surface area contributed by atoms with E-state index in [0.717, 1.165) is 11.8 Å². The van der Waals surface area contributed by atoms with Crippen molar-refractivity contribution in [1.82, 2.24) is 0 Å². The van der Waals surface area contributed by atoms with Crippen molar-refractivity contribution >= 4 is 31.9 Å². The van der Waals surface area contributed by atoms with Crippen LogP contribution in [0.2, 0.25) is 0 Å². The number of hydrogen-bond acceptors (Lipinski definition) is 0. The fourth-order valence-electron chi connectivity index (χ4n) is 2.68. The van der Waals surface area contributed by atoms with Gasteiger partial charge in [-0.3, -0.25) is 0 Å². The third-order valence-corrected chi connectivity index (χ3v) is 5.85. The first-order chi connectivity index (χ1) is 6.18. The normalized spacial score (nSPS) is 34.2. The summed E-state index contributed by atoms with van der Waals surface area (Å²) < 4.78 is 0.317. The van der Waals surface area contributed by atoms with Crippen molar-refractivity contribution in [2.75, 3.05) is 0 Å². The van der Waals surface area contributed by atoms with Gasteiger partial charge in [0.2, 0.25) is 0 Å². The van der Waals surface area contributed by atoms with Crippen LogP contribution in [0.3, 0.4) is 0 Å². The lowest BCUT2D eigenvalue weighted by molar-refractivity contribution is 0.215. The molecular formula is C11H18Br2. The molecule has 1 atom stereocenters. The minimum absolute atomic E-state index is 0.317. The number of halogens is 2. The van der Waals surface area contributed by atoms with Crippen molar-refractivity contribution < 1.29 is 0 Å². The van der Waals surface area contributed by atoms with Gasteiger partial charge in [-0.15, -0.1) is 0 Å². The van der Waals surface area contributed by atoms with Crippen LogP contribution in [0.25, 0.3) is 0 Å². The second-order valence-electron chi connectivity index (χ2n) is 4.74. The van der Waals surface area contributed by atoms with E-state index in [1.807, 2.05) is 0 Å². The zero-order valence-corrected chi connectivity index (χ0v) is 11.2. The molecule has 13 heavy (non-hydrogen) atoms. The first-order valence-corrected chi connectivity index (χ1v) is 7.15. The van der Waals surface area contributed by atoms with Gasteiger partial charge in [-0.05, 0) is 31.1 Å². The van der Waals surface area contributed by atoms with E-state index in [4.69, 9.17) is 0 Å². The number of alkyl halides is 2. The van der Waals surface area contributed by atoms with Gasteiger partial charge in [-0.1, -0.05) is 64.0 Å². The van der Waals surface area contributed by atoms with Crippen molar-refractivity contribution in [2.45, 2.75) is 54.6 Å². The van der Waals surface area contributed by atoms with E-state index < -0.39 is 0 Å². The summed E-state index contributed by atoms with van der Waals surface area (Å²) in [6.07, 6.45) is 11.6. The molecule has 2 aliphatic rings. The molecule has 2 saturated carbocycles. The van der Waals surface area contributed by atoms with E-state index in [9.17, 15) is 0 Å². The predicted molar refractivity (Wildman–Crippen MR) is 64.5 cm³/mol. The van der Waals surface area contributed by atoms with Crippen LogP contribution < -0.4 is 0 Å². The van der Waals surface area contributed by atoms with Crippen molar-refractivity contribution in [3.8, 4) is 0 Å². The SMILES string of the molecule is BrC1(Br)CCC1CC1CCCCC1. The van der Waals surface area contributed by atoms with Crippen LogP contribution in [0.5, 0.6) is 0 Å². The van der Waals surface area contributed by atoms with Crippen LogP contribution in [-0.2, 0) is 0 Å². The van der Waals surface area contributed by atoms with Gasteiger partial charge < -0.3 is 0 Å². The maximum Gasteiger partial charge on any atom is 0.0833 e. The van der Waals surface area contributed by atoms with Gasteiger partial charge >= 0.3 is 0 Å². The Morgan fingerprint density at radius 3 is 2.15 bits per heavy atom. The third kappa shape index (κ3) is 2.50. The Bertz CT molecular complexity index is 171. The molecule has 0 aromatic carbocycles. The molecule has 0 bridgehead atoms. The molecule has 0 amide bonds. The monoisotopic (exact) mass is 308 g/mol. The first kappa shape index (κ1) is 10.5. The number of rotatable bonds is 2. The minimum atomic E-state index is 0.317. The van der Waals surface area contributed by atoms with Gasteiger partial charge in [0.15, 0.2) is 0 Å². The van der Waals surface area contributed by atoms with Gasteiger partial charge in [0.25, 0.3) is 0 Å². The second kappa shape index (κ2) is 4.22. The molecule has 2 heteroatoms. The van der Waals surface area contributed by atoms with Crippen LogP contribution in [0.15, 0.2) is 0 Å². The summed E-state index contributed by atoms with van der Waals surface area (Å²) in [7, 11) is 0. The average Bonchev–Trinajstić information content (AvgIpc) is 2.15. The fraction of sp³-hybridized carbons (Fsp3) is 1.00. The third-order valence-electron chi connectivity index (χ3n) is 3.77. The molecule has 0 nitrogen and oxygen atoms in total. The largest absolute Gasteiger partial charge is 0.0833 e. The number of hydrogen-bond donors (Lipinski definition) is 0. The van der Waals surface area contributed by atoms with Gasteiger partial charge in [0.1, 0.15) is 0 Å². The first-order valence-electron chi connectivity index (χ1n) is 5.56. The van der Waals surface area contributed by atoms with E-state index in [1.165, 1.54) is 51.4 Å². The van der Waals surface area contributed by atoms with Crippen LogP contribution in [0, 0.1) is 11.8 Å². The van der Waals surface area contributed by atoms with E-state index >= 15 is 0 Å². The summed E-state index contributed by atoms with van der Waals surface area (Å²) in [5.74, 6) is 1.93. The zero-order chi connectivity index (χ0) is 9.31. The van der Waals surface area contributed by atoms with Gasteiger partial charge in [-0.25, -0.2) is 0 Å². The molecule has 0 heterocycles. The van der Waals surface area contributed by atoms with Crippen LogP contribution in [-0.4, -0.2) is 3.23 Å². The van der Waals surface area contributed by atoms with E-state index in [-0.39, 0.29) is 0 Å². The Morgan fingerprint density at radius 2 is 1.69 bits per heavy atom. The maximum absolute atomic E-state index is 3.77. The molecule has 1 unspecified atom stereocenters. The van der Waals surface area contributed by atoms with Crippen molar-refractivity contribution in [1.29, 1.82) is 0 Å². The van der Waals surface area contributed by atoms with Gasteiger partial charge in [-0.2, -0.15) is 0 Å². The highest BCUT2D eigenvalue weighted by atomic mass is 79.9. The molecule has 0 aliphatic heterocycles. The lowest BCUT2D eigenvalue weighted by Gasteiger charge is -2.43. The Labute approximate surface area is 98.1 Å². The summed E-state index contributed by atoms with van der Waals surface area (Å²) in [6.45, 7) is 0.